The molecule has 0 saturated heterocycles. The summed E-state index contributed by atoms with van der Waals surface area (Å²) >= 11 is 6.36. The van der Waals surface area contributed by atoms with E-state index in [-0.39, 0.29) is 5.91 Å². The highest BCUT2D eigenvalue weighted by Crippen LogP contribution is 2.31. The monoisotopic (exact) mass is 314 g/mol. The molecule has 22 heavy (non-hydrogen) atoms. The fraction of sp³-hybridized carbons (Fsp3) is 0.188. The molecule has 5 nitrogen and oxygen atoms in total. The minimum absolute atomic E-state index is 0.0627. The van der Waals surface area contributed by atoms with E-state index >= 15 is 0 Å². The lowest BCUT2D eigenvalue weighted by molar-refractivity contribution is -0.119. The first-order chi connectivity index (χ1) is 10.5. The van der Waals surface area contributed by atoms with Crippen LogP contribution in [0.15, 0.2) is 30.3 Å². The molecule has 2 heterocycles. The minimum Gasteiger partial charge on any atom is -0.357 e. The van der Waals surface area contributed by atoms with Crippen LogP contribution in [0.4, 0.5) is 0 Å². The van der Waals surface area contributed by atoms with Gasteiger partial charge in [0.15, 0.2) is 0 Å². The Labute approximate surface area is 132 Å². The third kappa shape index (κ3) is 2.94. The lowest BCUT2D eigenvalue weighted by Gasteiger charge is -2.04. The minimum atomic E-state index is -0.0627. The van der Waals surface area contributed by atoms with Crippen molar-refractivity contribution >= 4 is 28.4 Å². The zero-order valence-corrected chi connectivity index (χ0v) is 13.0. The maximum Gasteiger partial charge on any atom is 0.217 e. The zero-order chi connectivity index (χ0) is 15.7. The molecule has 112 valence electrons. The first kappa shape index (κ1) is 14.5. The molecule has 1 amide bonds. The van der Waals surface area contributed by atoms with Crippen LogP contribution in [0, 0.1) is 6.92 Å². The Morgan fingerprint density at radius 1 is 1.27 bits per heavy atom. The Balaban J connectivity index is 2.00. The third-order valence-corrected chi connectivity index (χ3v) is 3.68. The molecule has 2 N–H and O–H groups in total. The summed E-state index contributed by atoms with van der Waals surface area (Å²) in [7, 11) is 0. The average molecular weight is 315 g/mol. The molecule has 0 unspecified atom stereocenters. The predicted octanol–water partition coefficient (Wildman–Crippen LogP) is 3.22. The van der Waals surface area contributed by atoms with Crippen molar-refractivity contribution in [2.45, 2.75) is 20.4 Å². The van der Waals surface area contributed by atoms with Gasteiger partial charge in [0.05, 0.1) is 23.0 Å². The standard InChI is InChI=1S/C16H15ClN4O/c1-9-3-4-15(21-20-9)13-7-16-11(6-14(13)17)5-12(19-16)8-18-10(2)22/h3-7,19H,8H2,1-2H3,(H,18,22). The van der Waals surface area contributed by atoms with Crippen molar-refractivity contribution in [3.8, 4) is 11.3 Å². The molecule has 3 rings (SSSR count). The second-order valence-corrected chi connectivity index (χ2v) is 5.59. The number of hydrogen-bond acceptors (Lipinski definition) is 3. The number of aryl methyl sites for hydroxylation is 1. The molecule has 0 spiro atoms. The van der Waals surface area contributed by atoms with E-state index in [0.717, 1.165) is 33.5 Å². The number of carbonyl (C=O) groups is 1. The van der Waals surface area contributed by atoms with Crippen LogP contribution in [0.25, 0.3) is 22.2 Å². The molecule has 2 aromatic heterocycles. The number of aromatic nitrogens is 3. The lowest BCUT2D eigenvalue weighted by atomic mass is 10.1. The van der Waals surface area contributed by atoms with Crippen molar-refractivity contribution in [2.24, 2.45) is 0 Å². The highest BCUT2D eigenvalue weighted by molar-refractivity contribution is 6.34. The van der Waals surface area contributed by atoms with Crippen LogP contribution in [0.3, 0.4) is 0 Å². The van der Waals surface area contributed by atoms with Gasteiger partial charge >= 0.3 is 0 Å². The average Bonchev–Trinajstić information content (AvgIpc) is 2.87. The summed E-state index contributed by atoms with van der Waals surface area (Å²) < 4.78 is 0. The maximum atomic E-state index is 11.0. The SMILES string of the molecule is CC(=O)NCc1cc2cc(Cl)c(-c3ccc(C)nn3)cc2[nH]1. The van der Waals surface area contributed by atoms with E-state index in [9.17, 15) is 4.79 Å². The Kier molecular flexibility index (Phi) is 3.81. The van der Waals surface area contributed by atoms with Gasteiger partial charge in [-0.1, -0.05) is 11.6 Å². The lowest BCUT2D eigenvalue weighted by Crippen LogP contribution is -2.18. The van der Waals surface area contributed by atoms with Crippen molar-refractivity contribution in [1.82, 2.24) is 20.5 Å². The smallest absolute Gasteiger partial charge is 0.217 e. The fourth-order valence-corrected chi connectivity index (χ4v) is 2.54. The van der Waals surface area contributed by atoms with E-state index in [4.69, 9.17) is 11.6 Å². The highest BCUT2D eigenvalue weighted by atomic mass is 35.5. The zero-order valence-electron chi connectivity index (χ0n) is 12.3. The molecule has 0 saturated carbocycles. The molecule has 0 aliphatic rings. The summed E-state index contributed by atoms with van der Waals surface area (Å²) in [5.41, 5.74) is 4.29. The summed E-state index contributed by atoms with van der Waals surface area (Å²) in [6.07, 6.45) is 0. The normalized spacial score (nSPS) is 10.9. The van der Waals surface area contributed by atoms with Gasteiger partial charge in [-0.15, -0.1) is 0 Å². The van der Waals surface area contributed by atoms with E-state index in [2.05, 4.69) is 20.5 Å². The molecule has 0 aliphatic heterocycles. The first-order valence-corrected chi connectivity index (χ1v) is 7.27. The summed E-state index contributed by atoms with van der Waals surface area (Å²) in [4.78, 5) is 14.3. The molecule has 0 fully saturated rings. The summed E-state index contributed by atoms with van der Waals surface area (Å²) in [6, 6.07) is 9.62. The van der Waals surface area contributed by atoms with E-state index in [1.165, 1.54) is 6.92 Å². The van der Waals surface area contributed by atoms with Gasteiger partial charge in [-0.25, -0.2) is 0 Å². The second kappa shape index (κ2) is 5.77. The van der Waals surface area contributed by atoms with Crippen molar-refractivity contribution in [2.75, 3.05) is 0 Å². The molecule has 6 heteroatoms. The second-order valence-electron chi connectivity index (χ2n) is 5.18. The number of benzene rings is 1. The Morgan fingerprint density at radius 3 is 2.77 bits per heavy atom. The van der Waals surface area contributed by atoms with Crippen LogP contribution in [0.5, 0.6) is 0 Å². The number of nitrogens with one attached hydrogen (secondary N) is 2. The van der Waals surface area contributed by atoms with Gasteiger partial charge in [0.2, 0.25) is 5.91 Å². The maximum absolute atomic E-state index is 11.0. The molecule has 1 aromatic carbocycles. The van der Waals surface area contributed by atoms with Crippen molar-refractivity contribution in [3.63, 3.8) is 0 Å². The Hall–Kier alpha value is -2.40. The topological polar surface area (TPSA) is 70.7 Å². The van der Waals surface area contributed by atoms with Crippen LogP contribution in [-0.2, 0) is 11.3 Å². The highest BCUT2D eigenvalue weighted by Gasteiger charge is 2.10. The summed E-state index contributed by atoms with van der Waals surface area (Å²) in [6.45, 7) is 3.84. The van der Waals surface area contributed by atoms with E-state index in [1.807, 2.05) is 37.3 Å². The van der Waals surface area contributed by atoms with Crippen LogP contribution in [0.1, 0.15) is 18.3 Å². The molecular formula is C16H15ClN4O. The van der Waals surface area contributed by atoms with E-state index in [1.54, 1.807) is 0 Å². The van der Waals surface area contributed by atoms with Gasteiger partial charge in [-0.05, 0) is 37.3 Å². The van der Waals surface area contributed by atoms with Gasteiger partial charge in [0.1, 0.15) is 0 Å². The molecule has 0 radical (unpaired) electrons. The molecule has 3 aromatic rings. The van der Waals surface area contributed by atoms with Crippen LogP contribution in [-0.4, -0.2) is 21.1 Å². The van der Waals surface area contributed by atoms with E-state index < -0.39 is 0 Å². The van der Waals surface area contributed by atoms with Crippen LogP contribution in [0.2, 0.25) is 5.02 Å². The number of carbonyl (C=O) groups excluding carboxylic acids is 1. The van der Waals surface area contributed by atoms with Crippen LogP contribution < -0.4 is 5.32 Å². The number of aromatic amines is 1. The van der Waals surface area contributed by atoms with Gasteiger partial charge in [-0.2, -0.15) is 10.2 Å². The fourth-order valence-electron chi connectivity index (χ4n) is 2.27. The number of fused-ring (bicyclic) bond motifs is 1. The van der Waals surface area contributed by atoms with Gasteiger partial charge in [0.25, 0.3) is 0 Å². The molecule has 0 aliphatic carbocycles. The summed E-state index contributed by atoms with van der Waals surface area (Å²) in [5, 5.41) is 12.6. The Bertz CT molecular complexity index is 839. The van der Waals surface area contributed by atoms with Gasteiger partial charge < -0.3 is 10.3 Å². The number of rotatable bonds is 3. The van der Waals surface area contributed by atoms with Crippen molar-refractivity contribution < 1.29 is 4.79 Å². The van der Waals surface area contributed by atoms with Crippen LogP contribution >= 0.6 is 11.6 Å². The predicted molar refractivity (Wildman–Crippen MR) is 86.6 cm³/mol. The number of nitrogens with zero attached hydrogens (tertiary/aromatic N) is 2. The van der Waals surface area contributed by atoms with Gasteiger partial charge in [0, 0.05) is 29.1 Å². The quantitative estimate of drug-likeness (QED) is 0.779. The summed E-state index contributed by atoms with van der Waals surface area (Å²) in [5.74, 6) is -0.0627. The number of halogens is 1. The van der Waals surface area contributed by atoms with Gasteiger partial charge in [-0.3, -0.25) is 4.79 Å². The van der Waals surface area contributed by atoms with E-state index in [0.29, 0.717) is 11.6 Å². The molecule has 0 bridgehead atoms. The number of amides is 1. The Morgan fingerprint density at radius 2 is 2.09 bits per heavy atom. The van der Waals surface area contributed by atoms with Crippen molar-refractivity contribution in [3.05, 3.63) is 46.7 Å². The number of hydrogen-bond donors (Lipinski definition) is 2. The number of H-pyrrole nitrogens is 1. The van der Waals surface area contributed by atoms with Crippen molar-refractivity contribution in [1.29, 1.82) is 0 Å². The molecular weight excluding hydrogens is 300 g/mol. The largest absolute Gasteiger partial charge is 0.357 e. The molecule has 0 atom stereocenters. The third-order valence-electron chi connectivity index (χ3n) is 3.37. The first-order valence-electron chi connectivity index (χ1n) is 6.89.